The molecule has 1 aromatic heterocycles. The topological polar surface area (TPSA) is 58.1 Å². The second-order valence-corrected chi connectivity index (χ2v) is 8.53. The van der Waals surface area contributed by atoms with Crippen LogP contribution in [-0.4, -0.2) is 35.5 Å². The maximum Gasteiger partial charge on any atom is 0.225 e. The second kappa shape index (κ2) is 9.92. The quantitative estimate of drug-likeness (QED) is 0.612. The Hall–Kier alpha value is -2.92. The normalized spacial score (nSPS) is 16.2. The standard InChI is InChI=1S/C25H27ClN4O/c1-18-4-8-20(9-5-18)22-15-28-25(29-16-22)30-14-2-3-21(17-30)24(31)27-13-12-19-6-10-23(26)11-7-19/h4-11,15-16,21H,2-3,12-14,17H2,1H3,(H,27,31). The van der Waals surface area contributed by atoms with Crippen LogP contribution in [0.2, 0.25) is 5.02 Å². The molecule has 2 heterocycles. The van der Waals surface area contributed by atoms with Crippen LogP contribution in [0.25, 0.3) is 11.1 Å². The average Bonchev–Trinajstić information content (AvgIpc) is 2.81. The summed E-state index contributed by atoms with van der Waals surface area (Å²) < 4.78 is 0. The fourth-order valence-electron chi connectivity index (χ4n) is 3.88. The van der Waals surface area contributed by atoms with Gasteiger partial charge in [-0.1, -0.05) is 53.6 Å². The van der Waals surface area contributed by atoms with E-state index in [1.165, 1.54) is 5.56 Å². The van der Waals surface area contributed by atoms with Crippen molar-refractivity contribution >= 4 is 23.5 Å². The lowest BCUT2D eigenvalue weighted by Crippen LogP contribution is -2.44. The zero-order valence-electron chi connectivity index (χ0n) is 17.7. The highest BCUT2D eigenvalue weighted by atomic mass is 35.5. The number of hydrogen-bond donors (Lipinski definition) is 1. The van der Waals surface area contributed by atoms with Gasteiger partial charge in [0, 0.05) is 42.6 Å². The maximum atomic E-state index is 12.7. The lowest BCUT2D eigenvalue weighted by atomic mass is 9.97. The molecule has 160 valence electrons. The molecule has 1 aliphatic rings. The first-order valence-electron chi connectivity index (χ1n) is 10.7. The summed E-state index contributed by atoms with van der Waals surface area (Å²) in [5, 5.41) is 3.81. The number of aromatic nitrogens is 2. The summed E-state index contributed by atoms with van der Waals surface area (Å²) in [5.41, 5.74) is 4.50. The molecule has 0 aliphatic carbocycles. The lowest BCUT2D eigenvalue weighted by molar-refractivity contribution is -0.125. The SMILES string of the molecule is Cc1ccc(-c2cnc(N3CCCC(C(=O)NCCc4ccc(Cl)cc4)C3)nc2)cc1. The van der Waals surface area contributed by atoms with Gasteiger partial charge in [-0.2, -0.15) is 0 Å². The van der Waals surface area contributed by atoms with Gasteiger partial charge in [0.1, 0.15) is 0 Å². The number of nitrogens with zero attached hydrogens (tertiary/aromatic N) is 3. The van der Waals surface area contributed by atoms with E-state index in [9.17, 15) is 4.79 Å². The summed E-state index contributed by atoms with van der Waals surface area (Å²) in [6, 6.07) is 16.1. The summed E-state index contributed by atoms with van der Waals surface area (Å²) in [7, 11) is 0. The highest BCUT2D eigenvalue weighted by molar-refractivity contribution is 6.30. The molecule has 31 heavy (non-hydrogen) atoms. The zero-order chi connectivity index (χ0) is 21.6. The number of benzene rings is 2. The fraction of sp³-hybridized carbons (Fsp3) is 0.320. The third-order valence-electron chi connectivity index (χ3n) is 5.72. The molecular weight excluding hydrogens is 408 g/mol. The molecule has 0 spiro atoms. The van der Waals surface area contributed by atoms with Crippen molar-refractivity contribution in [1.29, 1.82) is 0 Å². The van der Waals surface area contributed by atoms with Crippen LogP contribution >= 0.6 is 11.6 Å². The first-order chi connectivity index (χ1) is 15.1. The van der Waals surface area contributed by atoms with Crippen molar-refractivity contribution in [2.24, 2.45) is 5.92 Å². The Morgan fingerprint density at radius 3 is 2.48 bits per heavy atom. The van der Waals surface area contributed by atoms with E-state index in [4.69, 9.17) is 11.6 Å². The minimum Gasteiger partial charge on any atom is -0.355 e. The molecule has 0 radical (unpaired) electrons. The molecule has 0 bridgehead atoms. The van der Waals surface area contributed by atoms with Gasteiger partial charge in [0.2, 0.25) is 11.9 Å². The molecule has 1 N–H and O–H groups in total. The number of carbonyl (C=O) groups is 1. The van der Waals surface area contributed by atoms with Crippen LogP contribution < -0.4 is 10.2 Å². The molecule has 3 aromatic rings. The first-order valence-corrected chi connectivity index (χ1v) is 11.1. The van der Waals surface area contributed by atoms with E-state index in [-0.39, 0.29) is 11.8 Å². The fourth-order valence-corrected chi connectivity index (χ4v) is 4.00. The number of aryl methyl sites for hydroxylation is 1. The molecule has 5 nitrogen and oxygen atoms in total. The molecule has 4 rings (SSSR count). The van der Waals surface area contributed by atoms with Gasteiger partial charge < -0.3 is 10.2 Å². The van der Waals surface area contributed by atoms with Crippen molar-refractivity contribution in [3.05, 3.63) is 77.1 Å². The van der Waals surface area contributed by atoms with Gasteiger partial charge in [-0.05, 0) is 49.4 Å². The smallest absolute Gasteiger partial charge is 0.225 e. The molecule has 2 aromatic carbocycles. The summed E-state index contributed by atoms with van der Waals surface area (Å²) in [5.74, 6) is 0.754. The van der Waals surface area contributed by atoms with Crippen molar-refractivity contribution in [2.75, 3.05) is 24.5 Å². The van der Waals surface area contributed by atoms with E-state index in [0.717, 1.165) is 47.5 Å². The maximum absolute atomic E-state index is 12.7. The largest absolute Gasteiger partial charge is 0.355 e. The van der Waals surface area contributed by atoms with Gasteiger partial charge in [-0.3, -0.25) is 4.79 Å². The van der Waals surface area contributed by atoms with Crippen LogP contribution in [-0.2, 0) is 11.2 Å². The number of nitrogens with one attached hydrogen (secondary N) is 1. The Kier molecular flexibility index (Phi) is 6.82. The highest BCUT2D eigenvalue weighted by Crippen LogP contribution is 2.23. The Balaban J connectivity index is 1.31. The van der Waals surface area contributed by atoms with E-state index in [0.29, 0.717) is 19.0 Å². The van der Waals surface area contributed by atoms with Crippen LogP contribution in [0.5, 0.6) is 0 Å². The van der Waals surface area contributed by atoms with E-state index < -0.39 is 0 Å². The zero-order valence-corrected chi connectivity index (χ0v) is 18.5. The Morgan fingerprint density at radius 2 is 1.77 bits per heavy atom. The van der Waals surface area contributed by atoms with Gasteiger partial charge in [0.05, 0.1) is 5.92 Å². The predicted molar refractivity (Wildman–Crippen MR) is 125 cm³/mol. The summed E-state index contributed by atoms with van der Waals surface area (Å²) >= 11 is 5.92. The van der Waals surface area contributed by atoms with Gasteiger partial charge in [-0.15, -0.1) is 0 Å². The van der Waals surface area contributed by atoms with Crippen LogP contribution in [0.3, 0.4) is 0 Å². The van der Waals surface area contributed by atoms with Crippen LogP contribution in [0.15, 0.2) is 60.9 Å². The van der Waals surface area contributed by atoms with Crippen molar-refractivity contribution in [2.45, 2.75) is 26.2 Å². The number of carbonyl (C=O) groups excluding carboxylic acids is 1. The van der Waals surface area contributed by atoms with Crippen LogP contribution in [0.4, 0.5) is 5.95 Å². The minimum absolute atomic E-state index is 0.0423. The van der Waals surface area contributed by atoms with Gasteiger partial charge in [-0.25, -0.2) is 9.97 Å². The number of halogens is 1. The molecule has 1 amide bonds. The average molecular weight is 435 g/mol. The lowest BCUT2D eigenvalue weighted by Gasteiger charge is -2.32. The number of amides is 1. The van der Waals surface area contributed by atoms with E-state index in [1.807, 2.05) is 36.7 Å². The van der Waals surface area contributed by atoms with Crippen molar-refractivity contribution < 1.29 is 4.79 Å². The molecule has 1 atom stereocenters. The first kappa shape index (κ1) is 21.3. The van der Waals surface area contributed by atoms with Gasteiger partial charge in [0.25, 0.3) is 0 Å². The summed E-state index contributed by atoms with van der Waals surface area (Å²) in [6.45, 7) is 4.22. The van der Waals surface area contributed by atoms with Crippen molar-refractivity contribution in [1.82, 2.24) is 15.3 Å². The van der Waals surface area contributed by atoms with Crippen LogP contribution in [0, 0.1) is 12.8 Å². The summed E-state index contributed by atoms with van der Waals surface area (Å²) in [6.07, 6.45) is 6.37. The number of piperidine rings is 1. The van der Waals surface area contributed by atoms with E-state index in [2.05, 4.69) is 51.4 Å². The Morgan fingerprint density at radius 1 is 1.06 bits per heavy atom. The minimum atomic E-state index is -0.0423. The highest BCUT2D eigenvalue weighted by Gasteiger charge is 2.26. The summed E-state index contributed by atoms with van der Waals surface area (Å²) in [4.78, 5) is 24.0. The monoisotopic (exact) mass is 434 g/mol. The molecule has 0 saturated carbocycles. The second-order valence-electron chi connectivity index (χ2n) is 8.09. The van der Waals surface area contributed by atoms with E-state index >= 15 is 0 Å². The third kappa shape index (κ3) is 5.61. The number of hydrogen-bond acceptors (Lipinski definition) is 4. The Labute approximate surface area is 188 Å². The van der Waals surface area contributed by atoms with Crippen LogP contribution in [0.1, 0.15) is 24.0 Å². The van der Waals surface area contributed by atoms with E-state index in [1.54, 1.807) is 0 Å². The van der Waals surface area contributed by atoms with Crippen molar-refractivity contribution in [3.63, 3.8) is 0 Å². The molecule has 1 saturated heterocycles. The molecule has 1 unspecified atom stereocenters. The Bertz CT molecular complexity index is 1000. The molecule has 1 aliphatic heterocycles. The molecule has 1 fully saturated rings. The van der Waals surface area contributed by atoms with Gasteiger partial charge in [0.15, 0.2) is 0 Å². The molecule has 6 heteroatoms. The molecular formula is C25H27ClN4O. The van der Waals surface area contributed by atoms with Crippen molar-refractivity contribution in [3.8, 4) is 11.1 Å². The number of anilines is 1. The number of rotatable bonds is 6. The third-order valence-corrected chi connectivity index (χ3v) is 5.98. The van der Waals surface area contributed by atoms with Gasteiger partial charge >= 0.3 is 0 Å². The predicted octanol–water partition coefficient (Wildman–Crippen LogP) is 4.68.